The second-order valence-electron chi connectivity index (χ2n) is 8.60. The molecule has 0 saturated carbocycles. The second kappa shape index (κ2) is 7.07. The van der Waals surface area contributed by atoms with Gasteiger partial charge in [-0.25, -0.2) is 17.7 Å². The average Bonchev–Trinajstić information content (AvgIpc) is 3.18. The predicted octanol–water partition coefficient (Wildman–Crippen LogP) is 1.01. The molecule has 5 rings (SSSR count). The fourth-order valence-corrected chi connectivity index (χ4v) is 6.10. The van der Waals surface area contributed by atoms with Crippen LogP contribution in [0.2, 0.25) is 0 Å². The SMILES string of the molecule is CS(=O)(=O)N1CCC(n2ccnc2-c2ccc3n(c2=O)C[C@@H]2CNC[C@H]3C2)CC1. The van der Waals surface area contributed by atoms with E-state index in [1.54, 1.807) is 6.20 Å². The van der Waals surface area contributed by atoms with Crippen LogP contribution in [0, 0.1) is 5.92 Å². The Morgan fingerprint density at radius 1 is 1.17 bits per heavy atom. The average molecular weight is 418 g/mol. The smallest absolute Gasteiger partial charge is 0.261 e. The number of nitrogens with one attached hydrogen (secondary N) is 1. The zero-order valence-corrected chi connectivity index (χ0v) is 17.4. The number of nitrogens with zero attached hydrogens (tertiary/aromatic N) is 4. The largest absolute Gasteiger partial charge is 0.328 e. The molecule has 0 aromatic carbocycles. The summed E-state index contributed by atoms with van der Waals surface area (Å²) in [7, 11) is -3.15. The van der Waals surface area contributed by atoms with Crippen molar-refractivity contribution in [3.63, 3.8) is 0 Å². The number of fused-ring (bicyclic) bond motifs is 4. The highest BCUT2D eigenvalue weighted by Crippen LogP contribution is 2.33. The Kier molecular flexibility index (Phi) is 4.64. The molecular weight excluding hydrogens is 390 g/mol. The minimum Gasteiger partial charge on any atom is -0.328 e. The zero-order chi connectivity index (χ0) is 20.2. The highest BCUT2D eigenvalue weighted by atomic mass is 32.2. The third-order valence-corrected chi connectivity index (χ3v) is 8.01. The van der Waals surface area contributed by atoms with Crippen LogP contribution >= 0.6 is 0 Å². The van der Waals surface area contributed by atoms with Crippen LogP contribution in [0.15, 0.2) is 29.3 Å². The van der Waals surface area contributed by atoms with E-state index < -0.39 is 10.0 Å². The first-order valence-electron chi connectivity index (χ1n) is 10.3. The van der Waals surface area contributed by atoms with Gasteiger partial charge in [0.15, 0.2) is 0 Å². The monoisotopic (exact) mass is 417 g/mol. The molecule has 3 aliphatic rings. The molecule has 29 heavy (non-hydrogen) atoms. The number of imidazole rings is 1. The Hall–Kier alpha value is -1.97. The molecule has 3 aliphatic heterocycles. The van der Waals surface area contributed by atoms with E-state index in [2.05, 4.69) is 20.9 Å². The van der Waals surface area contributed by atoms with Gasteiger partial charge in [-0.15, -0.1) is 0 Å². The van der Waals surface area contributed by atoms with Crippen molar-refractivity contribution in [1.82, 2.24) is 23.7 Å². The number of pyridine rings is 1. The number of hydrogen-bond donors (Lipinski definition) is 1. The maximum absolute atomic E-state index is 13.4. The van der Waals surface area contributed by atoms with E-state index >= 15 is 0 Å². The summed E-state index contributed by atoms with van der Waals surface area (Å²) in [6.45, 7) is 3.67. The van der Waals surface area contributed by atoms with Gasteiger partial charge >= 0.3 is 0 Å². The molecule has 156 valence electrons. The molecule has 1 N–H and O–H groups in total. The highest BCUT2D eigenvalue weighted by Gasteiger charge is 2.32. The van der Waals surface area contributed by atoms with Crippen molar-refractivity contribution in [2.75, 3.05) is 32.4 Å². The second-order valence-corrected chi connectivity index (χ2v) is 10.6. The van der Waals surface area contributed by atoms with Crippen LogP contribution in [0.1, 0.15) is 36.9 Å². The maximum Gasteiger partial charge on any atom is 0.261 e. The van der Waals surface area contributed by atoms with Gasteiger partial charge in [-0.05, 0) is 43.9 Å². The molecule has 0 amide bonds. The maximum atomic E-state index is 13.4. The number of sulfonamides is 1. The van der Waals surface area contributed by atoms with Crippen LogP contribution < -0.4 is 10.9 Å². The van der Waals surface area contributed by atoms with Gasteiger partial charge in [0.25, 0.3) is 5.56 Å². The lowest BCUT2D eigenvalue weighted by Gasteiger charge is -2.37. The summed E-state index contributed by atoms with van der Waals surface area (Å²) in [5.41, 5.74) is 1.80. The van der Waals surface area contributed by atoms with Gasteiger partial charge in [0.1, 0.15) is 5.82 Å². The number of hydrogen-bond acceptors (Lipinski definition) is 5. The van der Waals surface area contributed by atoms with Crippen molar-refractivity contribution in [3.05, 3.63) is 40.6 Å². The van der Waals surface area contributed by atoms with Gasteiger partial charge in [-0.3, -0.25) is 4.79 Å². The minimum atomic E-state index is -3.15. The summed E-state index contributed by atoms with van der Waals surface area (Å²) in [5.74, 6) is 1.61. The Labute approximate surface area is 170 Å². The Balaban J connectivity index is 1.46. The van der Waals surface area contributed by atoms with E-state index in [-0.39, 0.29) is 11.6 Å². The van der Waals surface area contributed by atoms with E-state index in [1.165, 1.54) is 10.6 Å². The molecule has 2 atom stereocenters. The van der Waals surface area contributed by atoms with Gasteiger partial charge in [0, 0.05) is 56.2 Å². The molecule has 2 aromatic rings. The van der Waals surface area contributed by atoms with Crippen molar-refractivity contribution in [3.8, 4) is 11.4 Å². The quantitative estimate of drug-likeness (QED) is 0.805. The van der Waals surface area contributed by atoms with Gasteiger partial charge in [0.05, 0.1) is 11.8 Å². The van der Waals surface area contributed by atoms with Crippen molar-refractivity contribution in [1.29, 1.82) is 0 Å². The fourth-order valence-electron chi connectivity index (χ4n) is 5.23. The number of rotatable bonds is 3. The Morgan fingerprint density at radius 3 is 2.72 bits per heavy atom. The summed E-state index contributed by atoms with van der Waals surface area (Å²) in [6, 6.07) is 4.17. The minimum absolute atomic E-state index is 0.0418. The molecule has 0 aliphatic carbocycles. The van der Waals surface area contributed by atoms with Gasteiger partial charge < -0.3 is 14.5 Å². The normalized spacial score (nSPS) is 25.7. The summed E-state index contributed by atoms with van der Waals surface area (Å²) >= 11 is 0. The highest BCUT2D eigenvalue weighted by molar-refractivity contribution is 7.88. The number of aromatic nitrogens is 3. The summed E-state index contributed by atoms with van der Waals surface area (Å²) in [5, 5.41) is 3.48. The van der Waals surface area contributed by atoms with E-state index in [9.17, 15) is 13.2 Å². The third kappa shape index (κ3) is 3.35. The van der Waals surface area contributed by atoms with Crippen molar-refractivity contribution < 1.29 is 8.42 Å². The lowest BCUT2D eigenvalue weighted by atomic mass is 9.84. The lowest BCUT2D eigenvalue weighted by Crippen LogP contribution is -2.45. The van der Waals surface area contributed by atoms with Gasteiger partial charge in [0.2, 0.25) is 10.0 Å². The molecule has 2 fully saturated rings. The molecule has 0 spiro atoms. The van der Waals surface area contributed by atoms with Crippen LogP contribution in [-0.2, 0) is 16.6 Å². The first-order chi connectivity index (χ1) is 13.9. The summed E-state index contributed by atoms with van der Waals surface area (Å²) < 4.78 is 29.1. The van der Waals surface area contributed by atoms with E-state index in [1.807, 2.05) is 16.8 Å². The Bertz CT molecular complexity index is 1080. The zero-order valence-electron chi connectivity index (χ0n) is 16.6. The van der Waals surface area contributed by atoms with E-state index in [4.69, 9.17) is 0 Å². The van der Waals surface area contributed by atoms with E-state index in [0.29, 0.717) is 36.3 Å². The first kappa shape index (κ1) is 19.0. The van der Waals surface area contributed by atoms with E-state index in [0.717, 1.165) is 44.6 Å². The predicted molar refractivity (Wildman–Crippen MR) is 110 cm³/mol. The first-order valence-corrected chi connectivity index (χ1v) is 12.2. The number of piperidine rings is 2. The van der Waals surface area contributed by atoms with Crippen molar-refractivity contribution >= 4 is 10.0 Å². The van der Waals surface area contributed by atoms with Gasteiger partial charge in [-0.2, -0.15) is 0 Å². The Morgan fingerprint density at radius 2 is 1.97 bits per heavy atom. The lowest BCUT2D eigenvalue weighted by molar-refractivity contribution is 0.257. The third-order valence-electron chi connectivity index (χ3n) is 6.70. The molecule has 9 heteroatoms. The van der Waals surface area contributed by atoms with Crippen molar-refractivity contribution in [2.24, 2.45) is 5.92 Å². The van der Waals surface area contributed by atoms with Crippen LogP contribution in [-0.4, -0.2) is 59.3 Å². The van der Waals surface area contributed by atoms with Crippen LogP contribution in [0.5, 0.6) is 0 Å². The molecule has 0 radical (unpaired) electrons. The molecule has 8 nitrogen and oxygen atoms in total. The fraction of sp³-hybridized carbons (Fsp3) is 0.600. The van der Waals surface area contributed by atoms with Crippen molar-refractivity contribution in [2.45, 2.75) is 37.8 Å². The summed E-state index contributed by atoms with van der Waals surface area (Å²) in [4.78, 5) is 17.9. The molecule has 2 saturated heterocycles. The van der Waals surface area contributed by atoms with Crippen LogP contribution in [0.25, 0.3) is 11.4 Å². The molecule has 2 bridgehead atoms. The summed E-state index contributed by atoms with van der Waals surface area (Å²) in [6.07, 6.45) is 7.50. The topological polar surface area (TPSA) is 89.2 Å². The van der Waals surface area contributed by atoms with Crippen LogP contribution in [0.4, 0.5) is 0 Å². The van der Waals surface area contributed by atoms with Crippen LogP contribution in [0.3, 0.4) is 0 Å². The molecule has 5 heterocycles. The molecule has 2 aromatic heterocycles. The molecular formula is C20H27N5O3S. The standard InChI is InChI=1S/C20H27N5O3S/c1-29(27,28)23-7-4-16(5-8-23)24-9-6-22-19(24)17-2-3-18-15-10-14(11-21-12-15)13-25(18)20(17)26/h2-3,6,9,14-16,21H,4-5,7-8,10-13H2,1H3/t14-,15+/m0/s1. The van der Waals surface area contributed by atoms with Gasteiger partial charge in [-0.1, -0.05) is 0 Å². The molecule has 0 unspecified atom stereocenters.